The molecule has 0 spiro atoms. The Labute approximate surface area is 201 Å². The fourth-order valence-corrected chi connectivity index (χ4v) is 3.82. The van der Waals surface area contributed by atoms with Gasteiger partial charge < -0.3 is 15.4 Å². The van der Waals surface area contributed by atoms with Gasteiger partial charge in [-0.3, -0.25) is 9.89 Å². The van der Waals surface area contributed by atoms with E-state index in [0.29, 0.717) is 0 Å². The van der Waals surface area contributed by atoms with Crippen LogP contribution >= 0.6 is 24.0 Å². The number of morpholine rings is 1. The molecule has 0 bridgehead atoms. The summed E-state index contributed by atoms with van der Waals surface area (Å²) in [5.41, 5.74) is 3.90. The lowest BCUT2D eigenvalue weighted by molar-refractivity contribution is 0.0341. The molecule has 0 aromatic heterocycles. The molecule has 1 heterocycles. The first-order valence-corrected chi connectivity index (χ1v) is 10.6. The molecule has 2 N–H and O–H groups in total. The maximum Gasteiger partial charge on any atom is 0.191 e. The molecule has 1 aliphatic heterocycles. The highest BCUT2D eigenvalue weighted by atomic mass is 127. The lowest BCUT2D eigenvalue weighted by atomic mass is 10.1. The van der Waals surface area contributed by atoms with Gasteiger partial charge in [0.15, 0.2) is 5.96 Å². The van der Waals surface area contributed by atoms with Gasteiger partial charge in [-0.15, -0.1) is 24.0 Å². The number of aliphatic imine (C=N–C) groups is 1. The molecule has 164 valence electrons. The molecule has 5 nitrogen and oxygen atoms in total. The molecule has 0 atom stereocenters. The fourth-order valence-electron chi connectivity index (χ4n) is 3.82. The quantitative estimate of drug-likeness (QED) is 0.286. The lowest BCUT2D eigenvalue weighted by Gasteiger charge is -2.27. The van der Waals surface area contributed by atoms with Crippen LogP contribution in [0.25, 0.3) is 10.8 Å². The van der Waals surface area contributed by atoms with Gasteiger partial charge in [0.25, 0.3) is 0 Å². The normalized spacial score (nSPS) is 14.8. The van der Waals surface area contributed by atoms with Crippen LogP contribution in [0.1, 0.15) is 16.7 Å². The van der Waals surface area contributed by atoms with E-state index in [4.69, 9.17) is 4.74 Å². The van der Waals surface area contributed by atoms with Gasteiger partial charge in [0, 0.05) is 39.8 Å². The second kappa shape index (κ2) is 12.0. The third-order valence-corrected chi connectivity index (χ3v) is 5.56. The Balaban J connectivity index is 0.00000272. The van der Waals surface area contributed by atoms with Gasteiger partial charge in [0.2, 0.25) is 0 Å². The third kappa shape index (κ3) is 6.66. The number of halogens is 1. The van der Waals surface area contributed by atoms with Crippen molar-refractivity contribution in [2.75, 3.05) is 33.4 Å². The molecular formula is C25H31IN4O. The maximum absolute atomic E-state index is 5.47. The monoisotopic (exact) mass is 530 g/mol. The van der Waals surface area contributed by atoms with Crippen LogP contribution in [0.4, 0.5) is 0 Å². The van der Waals surface area contributed by atoms with Crippen molar-refractivity contribution in [3.05, 3.63) is 83.4 Å². The topological polar surface area (TPSA) is 48.9 Å². The summed E-state index contributed by atoms with van der Waals surface area (Å²) in [6.45, 7) is 6.09. The SMILES string of the molecule is CN=C(NCc1ccc2ccccc2c1)NCc1ccccc1CN1CCOCC1.I. The Kier molecular flexibility index (Phi) is 9.12. The summed E-state index contributed by atoms with van der Waals surface area (Å²) in [7, 11) is 1.81. The van der Waals surface area contributed by atoms with E-state index in [-0.39, 0.29) is 24.0 Å². The van der Waals surface area contributed by atoms with Crippen LogP contribution in [-0.2, 0) is 24.4 Å². The van der Waals surface area contributed by atoms with Crippen LogP contribution in [0.3, 0.4) is 0 Å². The lowest BCUT2D eigenvalue weighted by Crippen LogP contribution is -2.37. The zero-order valence-corrected chi connectivity index (χ0v) is 20.3. The molecule has 0 saturated carbocycles. The molecule has 1 fully saturated rings. The number of rotatable bonds is 6. The minimum absolute atomic E-state index is 0. The van der Waals surface area contributed by atoms with E-state index in [1.165, 1.54) is 27.5 Å². The van der Waals surface area contributed by atoms with Crippen LogP contribution in [0.2, 0.25) is 0 Å². The number of hydrogen-bond acceptors (Lipinski definition) is 3. The average Bonchev–Trinajstić information content (AvgIpc) is 2.80. The summed E-state index contributed by atoms with van der Waals surface area (Å²) >= 11 is 0. The molecule has 1 aliphatic rings. The number of guanidine groups is 1. The molecule has 0 radical (unpaired) electrons. The Morgan fingerprint density at radius 3 is 2.32 bits per heavy atom. The molecule has 31 heavy (non-hydrogen) atoms. The van der Waals surface area contributed by atoms with Gasteiger partial charge in [-0.2, -0.15) is 0 Å². The molecule has 3 aromatic rings. The molecule has 3 aromatic carbocycles. The van der Waals surface area contributed by atoms with Gasteiger partial charge >= 0.3 is 0 Å². The number of nitrogens with one attached hydrogen (secondary N) is 2. The van der Waals surface area contributed by atoms with E-state index in [9.17, 15) is 0 Å². The van der Waals surface area contributed by atoms with Gasteiger partial charge in [0.1, 0.15) is 0 Å². The maximum atomic E-state index is 5.47. The van der Waals surface area contributed by atoms with Crippen LogP contribution in [-0.4, -0.2) is 44.2 Å². The highest BCUT2D eigenvalue weighted by Crippen LogP contribution is 2.16. The number of ether oxygens (including phenoxy) is 1. The molecule has 1 saturated heterocycles. The van der Waals surface area contributed by atoms with Crippen molar-refractivity contribution in [3.63, 3.8) is 0 Å². The van der Waals surface area contributed by atoms with E-state index in [0.717, 1.165) is 51.9 Å². The van der Waals surface area contributed by atoms with Crippen LogP contribution < -0.4 is 10.6 Å². The fraction of sp³-hybridized carbons (Fsp3) is 0.320. The van der Waals surface area contributed by atoms with Crippen molar-refractivity contribution in [1.29, 1.82) is 0 Å². The number of nitrogens with zero attached hydrogens (tertiary/aromatic N) is 2. The van der Waals surface area contributed by atoms with Crippen molar-refractivity contribution in [3.8, 4) is 0 Å². The van der Waals surface area contributed by atoms with E-state index in [2.05, 4.69) is 87.3 Å². The first-order chi connectivity index (χ1) is 14.8. The minimum atomic E-state index is 0. The molecule has 0 amide bonds. The first kappa shape index (κ1) is 23.5. The second-order valence-electron chi connectivity index (χ2n) is 7.62. The Morgan fingerprint density at radius 1 is 0.871 bits per heavy atom. The summed E-state index contributed by atoms with van der Waals surface area (Å²) in [5, 5.41) is 9.43. The largest absolute Gasteiger partial charge is 0.379 e. The highest BCUT2D eigenvalue weighted by molar-refractivity contribution is 14.0. The van der Waals surface area contributed by atoms with Crippen molar-refractivity contribution in [2.45, 2.75) is 19.6 Å². The van der Waals surface area contributed by atoms with E-state index in [1.54, 1.807) is 0 Å². The number of hydrogen-bond donors (Lipinski definition) is 2. The van der Waals surface area contributed by atoms with Gasteiger partial charge in [-0.25, -0.2) is 0 Å². The highest BCUT2D eigenvalue weighted by Gasteiger charge is 2.12. The first-order valence-electron chi connectivity index (χ1n) is 10.6. The van der Waals surface area contributed by atoms with E-state index in [1.807, 2.05) is 7.05 Å². The van der Waals surface area contributed by atoms with Crippen molar-refractivity contribution in [1.82, 2.24) is 15.5 Å². The average molecular weight is 530 g/mol. The second-order valence-corrected chi connectivity index (χ2v) is 7.62. The molecule has 0 aliphatic carbocycles. The van der Waals surface area contributed by atoms with Gasteiger partial charge in [0.05, 0.1) is 13.2 Å². The molecule has 0 unspecified atom stereocenters. The predicted molar refractivity (Wildman–Crippen MR) is 139 cm³/mol. The Hall–Kier alpha value is -2.16. The van der Waals surface area contributed by atoms with E-state index >= 15 is 0 Å². The zero-order chi connectivity index (χ0) is 20.6. The minimum Gasteiger partial charge on any atom is -0.379 e. The van der Waals surface area contributed by atoms with Crippen LogP contribution in [0.5, 0.6) is 0 Å². The molecular weight excluding hydrogens is 499 g/mol. The molecule has 6 heteroatoms. The van der Waals surface area contributed by atoms with Crippen molar-refractivity contribution >= 4 is 40.7 Å². The summed E-state index contributed by atoms with van der Waals surface area (Å²) < 4.78 is 5.47. The Bertz CT molecular complexity index is 1000. The van der Waals surface area contributed by atoms with Gasteiger partial charge in [-0.1, -0.05) is 60.7 Å². The summed E-state index contributed by atoms with van der Waals surface area (Å²) in [4.78, 5) is 6.85. The summed E-state index contributed by atoms with van der Waals surface area (Å²) in [6.07, 6.45) is 0. The number of benzene rings is 3. The predicted octanol–water partition coefficient (Wildman–Crippen LogP) is 4.16. The zero-order valence-electron chi connectivity index (χ0n) is 18.0. The third-order valence-electron chi connectivity index (χ3n) is 5.56. The number of fused-ring (bicyclic) bond motifs is 1. The van der Waals surface area contributed by atoms with Crippen LogP contribution in [0.15, 0.2) is 71.7 Å². The smallest absolute Gasteiger partial charge is 0.191 e. The summed E-state index contributed by atoms with van der Waals surface area (Å²) in [6, 6.07) is 23.6. The van der Waals surface area contributed by atoms with Crippen LogP contribution in [0, 0.1) is 0 Å². The van der Waals surface area contributed by atoms with Crippen molar-refractivity contribution in [2.24, 2.45) is 4.99 Å². The van der Waals surface area contributed by atoms with E-state index < -0.39 is 0 Å². The van der Waals surface area contributed by atoms with Gasteiger partial charge in [-0.05, 0) is 33.5 Å². The molecule has 4 rings (SSSR count). The summed E-state index contributed by atoms with van der Waals surface area (Å²) in [5.74, 6) is 0.810. The van der Waals surface area contributed by atoms with Crippen molar-refractivity contribution < 1.29 is 4.74 Å². The Morgan fingerprint density at radius 2 is 1.55 bits per heavy atom. The standard InChI is InChI=1S/C25H30N4O.HI/c1-26-25(27-17-20-10-11-21-6-2-3-7-22(21)16-20)28-18-23-8-4-5-9-24(23)19-29-12-14-30-15-13-29;/h2-11,16H,12-15,17-19H2,1H3,(H2,26,27,28);1H.